The van der Waals surface area contributed by atoms with E-state index in [1.54, 1.807) is 0 Å². The van der Waals surface area contributed by atoms with Crippen molar-refractivity contribution in [2.24, 2.45) is 5.92 Å². The third-order valence-corrected chi connectivity index (χ3v) is 8.07. The van der Waals surface area contributed by atoms with Crippen molar-refractivity contribution >= 4 is 40.3 Å². The van der Waals surface area contributed by atoms with Gasteiger partial charge >= 0.3 is 0 Å². The summed E-state index contributed by atoms with van der Waals surface area (Å²) in [6.45, 7) is 4.39. The van der Waals surface area contributed by atoms with Crippen LogP contribution < -0.4 is 15.1 Å². The van der Waals surface area contributed by atoms with E-state index in [9.17, 15) is 0 Å². The highest BCUT2D eigenvalue weighted by molar-refractivity contribution is 7.80. The molecule has 2 saturated heterocycles. The first-order valence-corrected chi connectivity index (χ1v) is 13.5. The summed E-state index contributed by atoms with van der Waals surface area (Å²) in [6.07, 6.45) is 9.91. The van der Waals surface area contributed by atoms with Gasteiger partial charge in [0.05, 0.1) is 22.4 Å². The summed E-state index contributed by atoms with van der Waals surface area (Å²) in [6, 6.07) is 20.3. The summed E-state index contributed by atoms with van der Waals surface area (Å²) in [5.74, 6) is 0.767. The Bertz CT molecular complexity index is 1380. The van der Waals surface area contributed by atoms with E-state index in [0.29, 0.717) is 5.11 Å². The average Bonchev–Trinajstić information content (AvgIpc) is 3.54. The van der Waals surface area contributed by atoms with Crippen LogP contribution in [0.1, 0.15) is 43.2 Å². The number of rotatable bonds is 5. The van der Waals surface area contributed by atoms with Crippen molar-refractivity contribution in [3.05, 3.63) is 102 Å². The molecule has 2 atom stereocenters. The summed E-state index contributed by atoms with van der Waals surface area (Å²) >= 11 is 12.9. The van der Waals surface area contributed by atoms with Crippen LogP contribution in [0.2, 0.25) is 5.02 Å². The highest BCUT2D eigenvalue weighted by Crippen LogP contribution is 2.44. The molecule has 37 heavy (non-hydrogen) atoms. The topological polar surface area (TPSA) is 49.2 Å². The van der Waals surface area contributed by atoms with E-state index in [1.165, 1.54) is 12.8 Å². The number of hydrogen-bond donors (Lipinski definition) is 1. The zero-order chi connectivity index (χ0) is 25.4. The molecule has 6 nitrogen and oxygen atoms in total. The molecule has 0 bridgehead atoms. The predicted molar refractivity (Wildman–Crippen MR) is 154 cm³/mol. The van der Waals surface area contributed by atoms with Crippen LogP contribution in [-0.4, -0.2) is 32.7 Å². The van der Waals surface area contributed by atoms with E-state index in [1.807, 2.05) is 48.9 Å². The van der Waals surface area contributed by atoms with E-state index < -0.39 is 0 Å². The van der Waals surface area contributed by atoms with Crippen LogP contribution >= 0.6 is 23.8 Å². The Morgan fingerprint density at radius 2 is 1.76 bits per heavy atom. The number of nitrogens with one attached hydrogen (secondary N) is 1. The third-order valence-electron chi connectivity index (χ3n) is 7.46. The van der Waals surface area contributed by atoms with E-state index in [2.05, 4.69) is 73.1 Å². The van der Waals surface area contributed by atoms with Gasteiger partial charge in [-0.2, -0.15) is 0 Å². The molecule has 1 N–H and O–H groups in total. The van der Waals surface area contributed by atoms with Crippen LogP contribution in [0.5, 0.6) is 0 Å². The number of pyridine rings is 2. The normalized spacial score (nSPS) is 20.3. The van der Waals surface area contributed by atoms with Crippen molar-refractivity contribution in [3.63, 3.8) is 0 Å². The Hall–Kier alpha value is -3.42. The molecule has 3 aromatic heterocycles. The maximum Gasteiger partial charge on any atom is 0.174 e. The van der Waals surface area contributed by atoms with Gasteiger partial charge in [-0.05, 0) is 85.6 Å². The van der Waals surface area contributed by atoms with Crippen LogP contribution in [-0.2, 0) is 0 Å². The van der Waals surface area contributed by atoms with E-state index in [-0.39, 0.29) is 12.1 Å². The summed E-state index contributed by atoms with van der Waals surface area (Å²) in [7, 11) is 0. The second-order valence-corrected chi connectivity index (χ2v) is 10.6. The fourth-order valence-electron chi connectivity index (χ4n) is 5.46. The molecule has 2 fully saturated rings. The summed E-state index contributed by atoms with van der Waals surface area (Å²) in [5, 5.41) is 4.95. The van der Waals surface area contributed by atoms with E-state index >= 15 is 0 Å². The number of anilines is 2. The van der Waals surface area contributed by atoms with E-state index in [4.69, 9.17) is 23.8 Å². The first-order valence-electron chi connectivity index (χ1n) is 12.7. The highest BCUT2D eigenvalue weighted by atomic mass is 35.5. The number of hydrogen-bond acceptors (Lipinski definition) is 4. The summed E-state index contributed by atoms with van der Waals surface area (Å²) in [4.78, 5) is 13.5. The lowest BCUT2D eigenvalue weighted by Crippen LogP contribution is -2.33. The zero-order valence-corrected chi connectivity index (χ0v) is 22.2. The Morgan fingerprint density at radius 3 is 2.49 bits per heavy atom. The number of aromatic nitrogens is 3. The van der Waals surface area contributed by atoms with Crippen LogP contribution in [0, 0.1) is 5.92 Å². The molecule has 8 heteroatoms. The Balaban J connectivity index is 1.42. The fraction of sp³-hybridized carbons (Fsp3) is 0.276. The lowest BCUT2D eigenvalue weighted by molar-refractivity contribution is 0.438. The number of benzene rings is 1. The van der Waals surface area contributed by atoms with Gasteiger partial charge in [0.15, 0.2) is 5.11 Å². The van der Waals surface area contributed by atoms with Gasteiger partial charge < -0.3 is 19.7 Å². The molecular weight excluding hydrogens is 500 g/mol. The molecule has 1 aromatic carbocycles. The number of nitrogens with zero attached hydrogens (tertiary/aromatic N) is 5. The monoisotopic (exact) mass is 528 g/mol. The summed E-state index contributed by atoms with van der Waals surface area (Å²) in [5.41, 5.74) is 5.13. The van der Waals surface area contributed by atoms with Crippen molar-refractivity contribution in [2.75, 3.05) is 22.9 Å². The van der Waals surface area contributed by atoms with Crippen molar-refractivity contribution in [2.45, 2.75) is 31.8 Å². The number of piperidine rings is 1. The SMILES string of the molecule is CC1CCN(c2ccc(N3C(=S)N[C@@H](c4ccccn4)[C@@H]3c3cccn3-c3ccncc3)cc2Cl)CC1. The number of thiocarbonyl (C=S) groups is 1. The molecule has 0 aliphatic carbocycles. The maximum atomic E-state index is 6.92. The molecule has 6 rings (SSSR count). The quantitative estimate of drug-likeness (QED) is 0.305. The van der Waals surface area contributed by atoms with Crippen LogP contribution in [0.3, 0.4) is 0 Å². The second kappa shape index (κ2) is 10.1. The lowest BCUT2D eigenvalue weighted by Gasteiger charge is -2.33. The third kappa shape index (κ3) is 4.58. The van der Waals surface area contributed by atoms with Crippen LogP contribution in [0.4, 0.5) is 11.4 Å². The Kier molecular flexibility index (Phi) is 6.57. The molecule has 5 heterocycles. The largest absolute Gasteiger partial charge is 0.370 e. The van der Waals surface area contributed by atoms with Crippen molar-refractivity contribution in [3.8, 4) is 5.69 Å². The van der Waals surface area contributed by atoms with Gasteiger partial charge in [0, 0.05) is 54.9 Å². The molecule has 2 aliphatic rings. The Labute approximate surface area is 227 Å². The molecule has 0 spiro atoms. The minimum Gasteiger partial charge on any atom is -0.370 e. The smallest absolute Gasteiger partial charge is 0.174 e. The molecule has 4 aromatic rings. The standard InChI is InChI=1S/C29H29ClN6S/c1-20-11-17-34(18-12-20)25-8-7-22(19-23(25)30)36-28(27(33-29(36)37)24-5-2-3-13-32-24)26-6-4-16-35(26)21-9-14-31-15-10-21/h2-10,13-16,19-20,27-28H,11-12,17-18H2,1H3,(H,33,37)/t27-,28-/m0/s1. The second-order valence-electron chi connectivity index (χ2n) is 9.81. The van der Waals surface area contributed by atoms with Crippen LogP contribution in [0.25, 0.3) is 5.69 Å². The van der Waals surface area contributed by atoms with Gasteiger partial charge in [0.25, 0.3) is 0 Å². The van der Waals surface area contributed by atoms with Gasteiger partial charge in [0.2, 0.25) is 0 Å². The molecule has 0 radical (unpaired) electrons. The fourth-order valence-corrected chi connectivity index (χ4v) is 6.10. The average molecular weight is 529 g/mol. The molecule has 188 valence electrons. The Morgan fingerprint density at radius 1 is 0.946 bits per heavy atom. The maximum absolute atomic E-state index is 6.92. The van der Waals surface area contributed by atoms with Gasteiger partial charge in [-0.15, -0.1) is 0 Å². The van der Waals surface area contributed by atoms with E-state index in [0.717, 1.165) is 52.5 Å². The van der Waals surface area contributed by atoms with Gasteiger partial charge in [-0.1, -0.05) is 24.6 Å². The minimum atomic E-state index is -0.136. The van der Waals surface area contributed by atoms with Crippen molar-refractivity contribution < 1.29 is 0 Å². The van der Waals surface area contributed by atoms with Gasteiger partial charge in [0.1, 0.15) is 6.04 Å². The zero-order valence-electron chi connectivity index (χ0n) is 20.7. The molecule has 2 aliphatic heterocycles. The molecule has 0 saturated carbocycles. The lowest BCUT2D eigenvalue weighted by atomic mass is 9.98. The van der Waals surface area contributed by atoms with Crippen LogP contribution in [0.15, 0.2) is 85.5 Å². The van der Waals surface area contributed by atoms with Gasteiger partial charge in [-0.25, -0.2) is 0 Å². The van der Waals surface area contributed by atoms with Gasteiger partial charge in [-0.3, -0.25) is 9.97 Å². The highest BCUT2D eigenvalue weighted by Gasteiger charge is 2.42. The van der Waals surface area contributed by atoms with Crippen molar-refractivity contribution in [1.29, 1.82) is 0 Å². The first-order chi connectivity index (χ1) is 18.1. The summed E-state index contributed by atoms with van der Waals surface area (Å²) < 4.78 is 2.19. The number of halogens is 1. The van der Waals surface area contributed by atoms with Crippen molar-refractivity contribution in [1.82, 2.24) is 19.9 Å². The minimum absolute atomic E-state index is 0.133. The molecule has 0 unspecified atom stereocenters. The molecular formula is C29H29ClN6S. The predicted octanol–water partition coefficient (Wildman–Crippen LogP) is 6.33. The molecule has 0 amide bonds. The first kappa shape index (κ1) is 23.9.